The minimum atomic E-state index is -3.85. The van der Waals surface area contributed by atoms with E-state index < -0.39 is 28.3 Å². The standard InChI is InChI=1S/C29H39N3O6S/c1-21-7-10-26(11-8-21)39(35,36)32-18-24(33)19-37-20-28-27(32)12-9-25(38-28)15-29(34)30-23-13-14-31(17-23)16-22-5-3-2-4-6-22/h2-8,10-11,23-25,27-28,33H,9,12-20H2,1H3,(H,30,34)/t23-,24+,25-,27+,28-/m1/s1. The number of aliphatic hydroxyl groups excluding tert-OH is 1. The first-order chi connectivity index (χ1) is 18.8. The minimum absolute atomic E-state index is 0.0266. The lowest BCUT2D eigenvalue weighted by Gasteiger charge is -2.43. The molecule has 2 aromatic rings. The van der Waals surface area contributed by atoms with Crippen LogP contribution in [0.4, 0.5) is 0 Å². The summed E-state index contributed by atoms with van der Waals surface area (Å²) in [5.41, 5.74) is 2.23. The van der Waals surface area contributed by atoms with Crippen molar-refractivity contribution in [1.29, 1.82) is 0 Å². The van der Waals surface area contributed by atoms with Crippen LogP contribution in [0.3, 0.4) is 0 Å². The van der Waals surface area contributed by atoms with E-state index in [-0.39, 0.29) is 49.1 Å². The molecule has 212 valence electrons. The van der Waals surface area contributed by atoms with Crippen LogP contribution in [-0.2, 0) is 30.8 Å². The molecule has 0 spiro atoms. The highest BCUT2D eigenvalue weighted by Crippen LogP contribution is 2.31. The average molecular weight is 558 g/mol. The molecule has 1 amide bonds. The first-order valence-electron chi connectivity index (χ1n) is 13.8. The number of hydrogen-bond acceptors (Lipinski definition) is 7. The number of fused-ring (bicyclic) bond motifs is 1. The van der Waals surface area contributed by atoms with E-state index in [0.29, 0.717) is 12.8 Å². The third kappa shape index (κ3) is 7.06. The van der Waals surface area contributed by atoms with Gasteiger partial charge in [0.2, 0.25) is 15.9 Å². The van der Waals surface area contributed by atoms with Crippen LogP contribution in [-0.4, -0.2) is 91.9 Å². The van der Waals surface area contributed by atoms with Crippen LogP contribution in [0.2, 0.25) is 0 Å². The highest BCUT2D eigenvalue weighted by atomic mass is 32.2. The van der Waals surface area contributed by atoms with Gasteiger partial charge in [-0.25, -0.2) is 8.42 Å². The monoisotopic (exact) mass is 557 g/mol. The SMILES string of the molecule is Cc1ccc(S(=O)(=O)N2C[C@H](O)COC[C@H]3O[C@@H](CC(=O)N[C@@H]4CCN(Cc5ccccc5)C4)CC[C@@H]32)cc1. The minimum Gasteiger partial charge on any atom is -0.389 e. The highest BCUT2D eigenvalue weighted by molar-refractivity contribution is 7.89. The van der Waals surface area contributed by atoms with E-state index in [2.05, 4.69) is 22.3 Å². The lowest BCUT2D eigenvalue weighted by molar-refractivity contribution is -0.146. The molecule has 2 aromatic carbocycles. The predicted octanol–water partition coefficient (Wildman–Crippen LogP) is 2.07. The Morgan fingerprint density at radius 3 is 2.56 bits per heavy atom. The molecule has 3 aliphatic rings. The van der Waals surface area contributed by atoms with Crippen LogP contribution in [0.1, 0.15) is 36.8 Å². The molecule has 0 saturated carbocycles. The Labute approximate surface area is 231 Å². The summed E-state index contributed by atoms with van der Waals surface area (Å²) < 4.78 is 40.5. The van der Waals surface area contributed by atoms with Gasteiger partial charge in [0.25, 0.3) is 0 Å². The van der Waals surface area contributed by atoms with Crippen molar-refractivity contribution in [2.45, 2.75) is 74.4 Å². The normalized spacial score (nSPS) is 28.8. The fraction of sp³-hybridized carbons (Fsp3) is 0.552. The maximum absolute atomic E-state index is 13.6. The number of nitrogens with one attached hydrogen (secondary N) is 1. The maximum Gasteiger partial charge on any atom is 0.243 e. The summed E-state index contributed by atoms with van der Waals surface area (Å²) in [7, 11) is -3.85. The van der Waals surface area contributed by atoms with Crippen molar-refractivity contribution in [1.82, 2.24) is 14.5 Å². The van der Waals surface area contributed by atoms with E-state index in [0.717, 1.165) is 31.6 Å². The van der Waals surface area contributed by atoms with Gasteiger partial charge in [-0.3, -0.25) is 9.69 Å². The van der Waals surface area contributed by atoms with Gasteiger partial charge in [-0.1, -0.05) is 48.0 Å². The first kappa shape index (κ1) is 28.2. The lowest BCUT2D eigenvalue weighted by atomic mass is 9.96. The highest BCUT2D eigenvalue weighted by Gasteiger charge is 2.43. The molecule has 0 aromatic heterocycles. The number of hydrogen-bond donors (Lipinski definition) is 2. The molecule has 3 aliphatic heterocycles. The van der Waals surface area contributed by atoms with Gasteiger partial charge in [0.1, 0.15) is 0 Å². The summed E-state index contributed by atoms with van der Waals surface area (Å²) in [4.78, 5) is 15.5. The van der Waals surface area contributed by atoms with Gasteiger partial charge in [-0.05, 0) is 43.9 Å². The van der Waals surface area contributed by atoms with E-state index in [1.54, 1.807) is 24.3 Å². The molecule has 9 nitrogen and oxygen atoms in total. The third-order valence-corrected chi connectivity index (χ3v) is 9.77. The molecule has 5 atom stereocenters. The number of likely N-dealkylation sites (tertiary alicyclic amines) is 1. The quantitative estimate of drug-likeness (QED) is 0.537. The summed E-state index contributed by atoms with van der Waals surface area (Å²) in [6.45, 7) is 4.67. The largest absolute Gasteiger partial charge is 0.389 e. The number of nitrogens with zero attached hydrogens (tertiary/aromatic N) is 2. The molecule has 2 N–H and O–H groups in total. The van der Waals surface area contributed by atoms with Gasteiger partial charge >= 0.3 is 0 Å². The number of amides is 1. The van der Waals surface area contributed by atoms with Gasteiger partial charge in [0, 0.05) is 32.2 Å². The van der Waals surface area contributed by atoms with Gasteiger partial charge in [-0.15, -0.1) is 0 Å². The van der Waals surface area contributed by atoms with Crippen LogP contribution in [0.25, 0.3) is 0 Å². The second-order valence-corrected chi connectivity index (χ2v) is 12.9. The Kier molecular flexibility index (Phi) is 9.00. The second-order valence-electron chi connectivity index (χ2n) is 11.0. The maximum atomic E-state index is 13.6. The Hall–Kier alpha value is -2.34. The van der Waals surface area contributed by atoms with Crippen LogP contribution in [0.5, 0.6) is 0 Å². The van der Waals surface area contributed by atoms with Gasteiger partial charge < -0.3 is 19.9 Å². The molecule has 39 heavy (non-hydrogen) atoms. The predicted molar refractivity (Wildman–Crippen MR) is 146 cm³/mol. The lowest BCUT2D eigenvalue weighted by Crippen LogP contribution is -2.57. The van der Waals surface area contributed by atoms with Crippen LogP contribution in [0.15, 0.2) is 59.5 Å². The molecular formula is C29H39N3O6S. The van der Waals surface area contributed by atoms with Crippen molar-refractivity contribution in [2.24, 2.45) is 0 Å². The van der Waals surface area contributed by atoms with Gasteiger partial charge in [0.05, 0.1) is 48.9 Å². The zero-order chi connectivity index (χ0) is 27.4. The number of aliphatic hydroxyl groups is 1. The summed E-state index contributed by atoms with van der Waals surface area (Å²) in [5, 5.41) is 13.6. The Morgan fingerprint density at radius 2 is 1.79 bits per heavy atom. The molecule has 5 rings (SSSR count). The fourth-order valence-electron chi connectivity index (χ4n) is 5.85. The molecule has 0 radical (unpaired) electrons. The summed E-state index contributed by atoms with van der Waals surface area (Å²) in [6.07, 6.45) is 0.459. The molecule has 3 fully saturated rings. The van der Waals surface area contributed by atoms with Crippen molar-refractivity contribution in [3.8, 4) is 0 Å². The molecule has 0 bridgehead atoms. The van der Waals surface area contributed by atoms with E-state index in [1.807, 2.05) is 25.1 Å². The Morgan fingerprint density at radius 1 is 1.03 bits per heavy atom. The topological polar surface area (TPSA) is 108 Å². The number of sulfonamides is 1. The first-order valence-corrected chi connectivity index (χ1v) is 15.3. The van der Waals surface area contributed by atoms with Crippen molar-refractivity contribution in [2.75, 3.05) is 32.8 Å². The molecular weight excluding hydrogens is 518 g/mol. The average Bonchev–Trinajstić information content (AvgIpc) is 3.33. The Bertz CT molecular complexity index is 1210. The summed E-state index contributed by atoms with van der Waals surface area (Å²) in [6, 6.07) is 16.7. The number of aryl methyl sites for hydroxylation is 1. The van der Waals surface area contributed by atoms with Gasteiger partial charge in [0.15, 0.2) is 0 Å². The van der Waals surface area contributed by atoms with E-state index >= 15 is 0 Å². The number of benzene rings is 2. The number of β-amino-alcohol motifs (C(OH)–C–C–N with tert-alkyl or cyclic N) is 1. The number of ether oxygens (including phenoxy) is 2. The van der Waals surface area contributed by atoms with E-state index in [1.165, 1.54) is 9.87 Å². The number of carbonyl (C=O) groups is 1. The van der Waals surface area contributed by atoms with Crippen molar-refractivity contribution < 1.29 is 27.8 Å². The van der Waals surface area contributed by atoms with Gasteiger partial charge in [-0.2, -0.15) is 4.31 Å². The van der Waals surface area contributed by atoms with Crippen molar-refractivity contribution in [3.63, 3.8) is 0 Å². The molecule has 3 heterocycles. The van der Waals surface area contributed by atoms with E-state index in [9.17, 15) is 18.3 Å². The number of carbonyl (C=O) groups excluding carboxylic acids is 1. The summed E-state index contributed by atoms with van der Waals surface area (Å²) >= 11 is 0. The zero-order valence-corrected chi connectivity index (χ0v) is 23.3. The zero-order valence-electron chi connectivity index (χ0n) is 22.4. The van der Waals surface area contributed by atoms with Crippen molar-refractivity contribution >= 4 is 15.9 Å². The summed E-state index contributed by atoms with van der Waals surface area (Å²) in [5.74, 6) is -0.0451. The molecule has 3 saturated heterocycles. The van der Waals surface area contributed by atoms with Crippen molar-refractivity contribution in [3.05, 3.63) is 65.7 Å². The molecule has 0 aliphatic carbocycles. The molecule has 10 heteroatoms. The molecule has 0 unspecified atom stereocenters. The van der Waals surface area contributed by atoms with E-state index in [4.69, 9.17) is 9.47 Å². The van der Waals surface area contributed by atoms with Crippen LogP contribution >= 0.6 is 0 Å². The van der Waals surface area contributed by atoms with Crippen LogP contribution < -0.4 is 5.32 Å². The van der Waals surface area contributed by atoms with Crippen LogP contribution in [0, 0.1) is 6.92 Å². The third-order valence-electron chi connectivity index (χ3n) is 7.86. The fourth-order valence-corrected chi connectivity index (χ4v) is 7.56. The second kappa shape index (κ2) is 12.4. The smallest absolute Gasteiger partial charge is 0.243 e. The number of rotatable bonds is 7. The Balaban J connectivity index is 1.18.